The summed E-state index contributed by atoms with van der Waals surface area (Å²) < 4.78 is 5.70. The van der Waals surface area contributed by atoms with Gasteiger partial charge in [-0.3, -0.25) is 4.79 Å². The third kappa shape index (κ3) is 2.25. The van der Waals surface area contributed by atoms with Gasteiger partial charge in [0.25, 0.3) is 0 Å². The third-order valence-corrected chi connectivity index (χ3v) is 2.97. The lowest BCUT2D eigenvalue weighted by atomic mass is 9.90. The highest BCUT2D eigenvalue weighted by molar-refractivity contribution is 5.80. The van der Waals surface area contributed by atoms with Crippen LogP contribution in [0.25, 0.3) is 0 Å². The van der Waals surface area contributed by atoms with Gasteiger partial charge in [0.2, 0.25) is 5.91 Å². The molecular formula is C10H18N2O2. The Morgan fingerprint density at radius 3 is 2.86 bits per heavy atom. The first-order chi connectivity index (χ1) is 6.75. The van der Waals surface area contributed by atoms with E-state index in [0.29, 0.717) is 0 Å². The summed E-state index contributed by atoms with van der Waals surface area (Å²) in [6.07, 6.45) is 4.80. The summed E-state index contributed by atoms with van der Waals surface area (Å²) in [4.78, 5) is 11.5. The molecule has 1 heterocycles. The van der Waals surface area contributed by atoms with E-state index in [1.807, 2.05) is 0 Å². The lowest BCUT2D eigenvalue weighted by molar-refractivity contribution is -0.140. The summed E-state index contributed by atoms with van der Waals surface area (Å²) in [6, 6.07) is 0.286. The fourth-order valence-electron chi connectivity index (χ4n) is 1.99. The summed E-state index contributed by atoms with van der Waals surface area (Å²) in [7, 11) is 0. The minimum Gasteiger partial charge on any atom is -0.365 e. The molecule has 14 heavy (non-hydrogen) atoms. The van der Waals surface area contributed by atoms with Crippen molar-refractivity contribution in [1.82, 2.24) is 5.32 Å². The Hall–Kier alpha value is -0.610. The zero-order valence-electron chi connectivity index (χ0n) is 8.37. The summed E-state index contributed by atoms with van der Waals surface area (Å²) in [5.74, 6) is 0.0583. The van der Waals surface area contributed by atoms with Gasteiger partial charge < -0.3 is 15.8 Å². The Labute approximate surface area is 84.2 Å². The molecule has 2 rings (SSSR count). The predicted molar refractivity (Wildman–Crippen MR) is 52.7 cm³/mol. The van der Waals surface area contributed by atoms with Crippen molar-refractivity contribution in [3.8, 4) is 0 Å². The monoisotopic (exact) mass is 198 g/mol. The normalized spacial score (nSPS) is 38.4. The van der Waals surface area contributed by atoms with Crippen molar-refractivity contribution in [2.75, 3.05) is 6.54 Å². The highest BCUT2D eigenvalue weighted by Gasteiger charge is 2.32. The van der Waals surface area contributed by atoms with Gasteiger partial charge in [-0.1, -0.05) is 0 Å². The minimum absolute atomic E-state index is 0.0583. The molecule has 0 bridgehead atoms. The van der Waals surface area contributed by atoms with E-state index in [-0.39, 0.29) is 24.2 Å². The van der Waals surface area contributed by atoms with Gasteiger partial charge in [-0.2, -0.15) is 0 Å². The molecule has 1 saturated carbocycles. The van der Waals surface area contributed by atoms with Crippen LogP contribution in [0.3, 0.4) is 0 Å². The highest BCUT2D eigenvalue weighted by atomic mass is 16.5. The Balaban J connectivity index is 1.80. The maximum absolute atomic E-state index is 11.5. The van der Waals surface area contributed by atoms with Crippen molar-refractivity contribution in [2.45, 2.75) is 50.4 Å². The Bertz CT molecular complexity index is 214. The number of ether oxygens (including phenoxy) is 1. The topological polar surface area (TPSA) is 64.3 Å². The second-order valence-corrected chi connectivity index (χ2v) is 4.27. The molecular weight excluding hydrogens is 180 g/mol. The second kappa shape index (κ2) is 4.28. The highest BCUT2D eigenvalue weighted by Crippen LogP contribution is 2.24. The van der Waals surface area contributed by atoms with Crippen molar-refractivity contribution in [2.24, 2.45) is 5.73 Å². The number of nitrogens with one attached hydrogen (secondary N) is 1. The molecule has 0 aromatic carbocycles. The zero-order valence-corrected chi connectivity index (χ0v) is 8.37. The molecule has 1 aliphatic carbocycles. The average Bonchev–Trinajstić information content (AvgIpc) is 2.29. The molecule has 1 saturated heterocycles. The largest absolute Gasteiger partial charge is 0.365 e. The number of amides is 1. The number of hydrogen-bond donors (Lipinski definition) is 2. The quantitative estimate of drug-likeness (QED) is 0.664. The van der Waals surface area contributed by atoms with E-state index in [2.05, 4.69) is 5.32 Å². The summed E-state index contributed by atoms with van der Waals surface area (Å²) >= 11 is 0. The van der Waals surface area contributed by atoms with Gasteiger partial charge in [0, 0.05) is 12.6 Å². The molecule has 4 heteroatoms. The van der Waals surface area contributed by atoms with Gasteiger partial charge in [-0.25, -0.2) is 0 Å². The van der Waals surface area contributed by atoms with Crippen LogP contribution < -0.4 is 11.1 Å². The summed E-state index contributed by atoms with van der Waals surface area (Å²) in [5.41, 5.74) is 5.66. The lowest BCUT2D eigenvalue weighted by Crippen LogP contribution is -2.46. The van der Waals surface area contributed by atoms with E-state index in [4.69, 9.17) is 10.5 Å². The van der Waals surface area contributed by atoms with E-state index >= 15 is 0 Å². The second-order valence-electron chi connectivity index (χ2n) is 4.27. The molecule has 2 fully saturated rings. The summed E-state index contributed by atoms with van der Waals surface area (Å²) in [6.45, 7) is 0.795. The van der Waals surface area contributed by atoms with Crippen LogP contribution >= 0.6 is 0 Å². The van der Waals surface area contributed by atoms with Gasteiger partial charge in [-0.05, 0) is 32.1 Å². The average molecular weight is 198 g/mol. The number of hydrogen-bond acceptors (Lipinski definition) is 3. The summed E-state index contributed by atoms with van der Waals surface area (Å²) in [5, 5.41) is 2.86. The van der Waals surface area contributed by atoms with Crippen LogP contribution in [0.5, 0.6) is 0 Å². The van der Waals surface area contributed by atoms with Crippen LogP contribution in [0.15, 0.2) is 0 Å². The number of rotatable bonds is 2. The maximum atomic E-state index is 11.5. The molecule has 1 amide bonds. The van der Waals surface area contributed by atoms with Crippen molar-refractivity contribution in [3.05, 3.63) is 0 Å². The molecule has 4 nitrogen and oxygen atoms in total. The zero-order chi connectivity index (χ0) is 9.97. The maximum Gasteiger partial charge on any atom is 0.249 e. The number of carbonyl (C=O) groups is 1. The van der Waals surface area contributed by atoms with E-state index < -0.39 is 0 Å². The molecule has 0 aromatic rings. The van der Waals surface area contributed by atoms with E-state index in [0.717, 1.165) is 38.6 Å². The van der Waals surface area contributed by atoms with E-state index in [9.17, 15) is 4.79 Å². The van der Waals surface area contributed by atoms with Gasteiger partial charge >= 0.3 is 0 Å². The van der Waals surface area contributed by atoms with Crippen molar-refractivity contribution < 1.29 is 9.53 Å². The van der Waals surface area contributed by atoms with Gasteiger partial charge in [-0.15, -0.1) is 0 Å². The Morgan fingerprint density at radius 2 is 2.14 bits per heavy atom. The first-order valence-electron chi connectivity index (χ1n) is 5.44. The third-order valence-electron chi connectivity index (χ3n) is 2.97. The first kappa shape index (κ1) is 9.93. The van der Waals surface area contributed by atoms with Crippen LogP contribution in [-0.2, 0) is 9.53 Å². The van der Waals surface area contributed by atoms with Gasteiger partial charge in [0.1, 0.15) is 6.10 Å². The van der Waals surface area contributed by atoms with E-state index in [1.54, 1.807) is 0 Å². The molecule has 1 aliphatic heterocycles. The minimum atomic E-state index is -0.227. The molecule has 1 atom stereocenters. The first-order valence-corrected chi connectivity index (χ1v) is 5.44. The fourth-order valence-corrected chi connectivity index (χ4v) is 1.99. The fraction of sp³-hybridized carbons (Fsp3) is 0.900. The lowest BCUT2D eigenvalue weighted by Gasteiger charge is -2.34. The van der Waals surface area contributed by atoms with Crippen molar-refractivity contribution >= 4 is 5.91 Å². The van der Waals surface area contributed by atoms with Crippen LogP contribution in [0.4, 0.5) is 0 Å². The van der Waals surface area contributed by atoms with Crippen molar-refractivity contribution in [1.29, 1.82) is 0 Å². The van der Waals surface area contributed by atoms with Crippen LogP contribution in [0.1, 0.15) is 32.1 Å². The van der Waals surface area contributed by atoms with Crippen LogP contribution in [-0.4, -0.2) is 30.7 Å². The van der Waals surface area contributed by atoms with Crippen molar-refractivity contribution in [3.63, 3.8) is 0 Å². The molecule has 0 radical (unpaired) electrons. The molecule has 0 spiro atoms. The molecule has 1 unspecified atom stereocenters. The molecule has 2 aliphatic rings. The Kier molecular flexibility index (Phi) is 3.03. The molecule has 0 aromatic heterocycles. The smallest absolute Gasteiger partial charge is 0.249 e. The Morgan fingerprint density at radius 1 is 1.36 bits per heavy atom. The standard InChI is InChI=1S/C10H18N2O2/c11-7-5-8(6-7)14-9-3-1-2-4-12-10(9)13/h7-9H,1-6,11H2,(H,12,13). The van der Waals surface area contributed by atoms with Gasteiger partial charge in [0.15, 0.2) is 0 Å². The van der Waals surface area contributed by atoms with Crippen LogP contribution in [0, 0.1) is 0 Å². The molecule has 3 N–H and O–H groups in total. The number of nitrogens with two attached hydrogens (primary N) is 1. The molecule has 80 valence electrons. The number of carbonyl (C=O) groups excluding carboxylic acids is 1. The predicted octanol–water partition coefficient (Wildman–Crippen LogP) is 0.161. The van der Waals surface area contributed by atoms with Gasteiger partial charge in [0.05, 0.1) is 6.10 Å². The van der Waals surface area contributed by atoms with E-state index in [1.165, 1.54) is 0 Å². The van der Waals surface area contributed by atoms with Crippen LogP contribution in [0.2, 0.25) is 0 Å². The SMILES string of the molecule is NC1CC(OC2CCCCNC2=O)C1.